The van der Waals surface area contributed by atoms with E-state index in [1.807, 2.05) is 6.92 Å². The molecule has 152 valence electrons. The summed E-state index contributed by atoms with van der Waals surface area (Å²) in [5.41, 5.74) is 0.782. The molecule has 27 heavy (non-hydrogen) atoms. The van der Waals surface area contributed by atoms with Gasteiger partial charge in [0.1, 0.15) is 0 Å². The van der Waals surface area contributed by atoms with Gasteiger partial charge in [-0.1, -0.05) is 12.1 Å². The van der Waals surface area contributed by atoms with Crippen molar-refractivity contribution in [3.63, 3.8) is 0 Å². The van der Waals surface area contributed by atoms with E-state index in [-0.39, 0.29) is 23.4 Å². The molecular weight excluding hydrogens is 390 g/mol. The Morgan fingerprint density at radius 3 is 2.30 bits per heavy atom. The maximum atomic E-state index is 12.6. The quantitative estimate of drug-likeness (QED) is 0.737. The minimum absolute atomic E-state index is 0.159. The molecule has 1 fully saturated rings. The SMILES string of the molecule is C[C@@H](NC(=O)[C@H]1CCCN(S(=O)(=O)N(C)C)C1)c1ccc(S(C)(=O)=O)cc1. The molecule has 0 spiro atoms. The normalized spacial score (nSPS) is 20.4. The van der Waals surface area contributed by atoms with Crippen molar-refractivity contribution >= 4 is 26.0 Å². The van der Waals surface area contributed by atoms with Crippen LogP contribution in [0.3, 0.4) is 0 Å². The van der Waals surface area contributed by atoms with Crippen molar-refractivity contribution in [2.75, 3.05) is 33.4 Å². The summed E-state index contributed by atoms with van der Waals surface area (Å²) in [6, 6.07) is 6.06. The fourth-order valence-electron chi connectivity index (χ4n) is 3.02. The summed E-state index contributed by atoms with van der Waals surface area (Å²) in [6.45, 7) is 2.38. The number of benzene rings is 1. The van der Waals surface area contributed by atoms with Gasteiger partial charge in [-0.25, -0.2) is 8.42 Å². The number of carbonyl (C=O) groups excluding carboxylic acids is 1. The minimum Gasteiger partial charge on any atom is -0.349 e. The predicted octanol–water partition coefficient (Wildman–Crippen LogP) is 0.786. The number of nitrogens with zero attached hydrogens (tertiary/aromatic N) is 2. The summed E-state index contributed by atoms with van der Waals surface area (Å²) in [4.78, 5) is 12.8. The van der Waals surface area contributed by atoms with Crippen LogP contribution in [-0.4, -0.2) is 64.8 Å². The zero-order chi connectivity index (χ0) is 20.4. The molecule has 1 saturated heterocycles. The second-order valence-corrected chi connectivity index (χ2v) is 11.2. The third-order valence-electron chi connectivity index (χ3n) is 4.71. The van der Waals surface area contributed by atoms with Crippen molar-refractivity contribution in [1.82, 2.24) is 13.9 Å². The molecule has 1 aliphatic heterocycles. The molecular formula is C17H27N3O5S2. The van der Waals surface area contributed by atoms with Crippen molar-refractivity contribution in [3.05, 3.63) is 29.8 Å². The lowest BCUT2D eigenvalue weighted by Crippen LogP contribution is -2.49. The van der Waals surface area contributed by atoms with E-state index in [1.165, 1.54) is 30.5 Å². The van der Waals surface area contributed by atoms with Gasteiger partial charge in [0.15, 0.2) is 9.84 Å². The molecule has 2 rings (SSSR count). The van der Waals surface area contributed by atoms with Crippen LogP contribution in [-0.2, 0) is 24.8 Å². The molecule has 0 unspecified atom stereocenters. The van der Waals surface area contributed by atoms with E-state index in [0.717, 1.165) is 16.1 Å². The number of rotatable bonds is 6. The van der Waals surface area contributed by atoms with Gasteiger partial charge in [-0.2, -0.15) is 17.0 Å². The van der Waals surface area contributed by atoms with Gasteiger partial charge >= 0.3 is 0 Å². The van der Waals surface area contributed by atoms with Crippen LogP contribution in [0, 0.1) is 5.92 Å². The Bertz CT molecular complexity index is 880. The van der Waals surface area contributed by atoms with Crippen molar-refractivity contribution in [1.29, 1.82) is 0 Å². The minimum atomic E-state index is -3.54. The van der Waals surface area contributed by atoms with E-state index >= 15 is 0 Å². The molecule has 1 amide bonds. The molecule has 1 aromatic rings. The lowest BCUT2D eigenvalue weighted by atomic mass is 9.98. The Hall–Kier alpha value is -1.49. The topological polar surface area (TPSA) is 104 Å². The van der Waals surface area contributed by atoms with Crippen LogP contribution in [0.1, 0.15) is 31.4 Å². The lowest BCUT2D eigenvalue weighted by Gasteiger charge is -2.33. The van der Waals surface area contributed by atoms with Gasteiger partial charge in [-0.05, 0) is 37.5 Å². The van der Waals surface area contributed by atoms with Crippen LogP contribution in [0.15, 0.2) is 29.2 Å². The number of amides is 1. The monoisotopic (exact) mass is 417 g/mol. The van der Waals surface area contributed by atoms with E-state index in [9.17, 15) is 21.6 Å². The Morgan fingerprint density at radius 1 is 1.19 bits per heavy atom. The van der Waals surface area contributed by atoms with Crippen LogP contribution >= 0.6 is 0 Å². The van der Waals surface area contributed by atoms with E-state index in [2.05, 4.69) is 5.32 Å². The maximum absolute atomic E-state index is 12.6. The molecule has 1 heterocycles. The van der Waals surface area contributed by atoms with Crippen LogP contribution < -0.4 is 5.32 Å². The van der Waals surface area contributed by atoms with E-state index in [4.69, 9.17) is 0 Å². The van der Waals surface area contributed by atoms with E-state index in [1.54, 1.807) is 12.1 Å². The number of nitrogens with one attached hydrogen (secondary N) is 1. The first-order chi connectivity index (χ1) is 12.4. The third-order valence-corrected chi connectivity index (χ3v) is 7.75. The Kier molecular flexibility index (Phi) is 6.67. The standard InChI is InChI=1S/C17H27N3O5S2/c1-13(14-7-9-16(10-8-14)26(4,22)23)18-17(21)15-6-5-11-20(12-15)27(24,25)19(2)3/h7-10,13,15H,5-6,11-12H2,1-4H3,(H,18,21)/t13-,15+/m1/s1. The van der Waals surface area contributed by atoms with Crippen molar-refractivity contribution in [2.24, 2.45) is 5.92 Å². The molecule has 1 N–H and O–H groups in total. The largest absolute Gasteiger partial charge is 0.349 e. The lowest BCUT2D eigenvalue weighted by molar-refractivity contribution is -0.126. The molecule has 1 aromatic carbocycles. The molecule has 8 nitrogen and oxygen atoms in total. The van der Waals surface area contributed by atoms with E-state index in [0.29, 0.717) is 19.4 Å². The number of carbonyl (C=O) groups is 1. The average molecular weight is 418 g/mol. The van der Waals surface area contributed by atoms with E-state index < -0.39 is 26.0 Å². The highest BCUT2D eigenvalue weighted by Gasteiger charge is 2.33. The van der Waals surface area contributed by atoms with Crippen LogP contribution in [0.4, 0.5) is 0 Å². The van der Waals surface area contributed by atoms with Gasteiger partial charge in [-0.3, -0.25) is 4.79 Å². The summed E-state index contributed by atoms with van der Waals surface area (Å²) >= 11 is 0. The smallest absolute Gasteiger partial charge is 0.281 e. The Balaban J connectivity index is 2.03. The van der Waals surface area contributed by atoms with Crippen molar-refractivity contribution < 1.29 is 21.6 Å². The average Bonchev–Trinajstić information content (AvgIpc) is 2.61. The summed E-state index contributed by atoms with van der Waals surface area (Å²) in [5.74, 6) is -0.612. The first kappa shape index (κ1) is 21.8. The molecule has 0 aliphatic carbocycles. The predicted molar refractivity (Wildman–Crippen MR) is 103 cm³/mol. The van der Waals surface area contributed by atoms with Crippen molar-refractivity contribution in [3.8, 4) is 0 Å². The van der Waals surface area contributed by atoms with Gasteiger partial charge in [-0.15, -0.1) is 0 Å². The molecule has 0 bridgehead atoms. The Morgan fingerprint density at radius 2 is 1.78 bits per heavy atom. The molecule has 0 saturated carbocycles. The fraction of sp³-hybridized carbons (Fsp3) is 0.588. The third kappa shape index (κ3) is 5.28. The van der Waals surface area contributed by atoms with Gasteiger partial charge in [0.25, 0.3) is 10.2 Å². The molecule has 1 aliphatic rings. The number of sulfone groups is 1. The zero-order valence-corrected chi connectivity index (χ0v) is 17.7. The number of hydrogen-bond acceptors (Lipinski definition) is 5. The second kappa shape index (κ2) is 8.26. The van der Waals surface area contributed by atoms with Gasteiger partial charge in [0.05, 0.1) is 16.9 Å². The van der Waals surface area contributed by atoms with Crippen molar-refractivity contribution in [2.45, 2.75) is 30.7 Å². The fourth-order valence-corrected chi connectivity index (χ4v) is 4.84. The van der Waals surface area contributed by atoms with Gasteiger partial charge in [0, 0.05) is 33.4 Å². The molecule has 0 radical (unpaired) electrons. The zero-order valence-electron chi connectivity index (χ0n) is 16.0. The second-order valence-electron chi connectivity index (χ2n) is 7.06. The maximum Gasteiger partial charge on any atom is 0.281 e. The summed E-state index contributed by atoms with van der Waals surface area (Å²) in [5, 5.41) is 2.90. The summed E-state index contributed by atoms with van der Waals surface area (Å²) in [7, 11) is -3.86. The summed E-state index contributed by atoms with van der Waals surface area (Å²) < 4.78 is 50.1. The molecule has 2 atom stereocenters. The molecule has 10 heteroatoms. The number of piperidine rings is 1. The molecule has 0 aromatic heterocycles. The highest BCUT2D eigenvalue weighted by atomic mass is 32.2. The van der Waals surface area contributed by atoms with Crippen LogP contribution in [0.5, 0.6) is 0 Å². The van der Waals surface area contributed by atoms with Gasteiger partial charge < -0.3 is 5.32 Å². The first-order valence-electron chi connectivity index (χ1n) is 8.71. The Labute approximate surface area is 161 Å². The van der Waals surface area contributed by atoms with Crippen LogP contribution in [0.25, 0.3) is 0 Å². The van der Waals surface area contributed by atoms with Crippen LogP contribution in [0.2, 0.25) is 0 Å². The highest BCUT2D eigenvalue weighted by molar-refractivity contribution is 7.90. The highest BCUT2D eigenvalue weighted by Crippen LogP contribution is 2.22. The summed E-state index contributed by atoms with van der Waals surface area (Å²) in [6.07, 6.45) is 2.40. The number of hydrogen-bond donors (Lipinski definition) is 1. The first-order valence-corrected chi connectivity index (χ1v) is 12.0. The van der Waals surface area contributed by atoms with Gasteiger partial charge in [0.2, 0.25) is 5.91 Å².